The Bertz CT molecular complexity index is 892. The Kier molecular flexibility index (Phi) is 4.53. The molecule has 0 amide bonds. The topological polar surface area (TPSA) is 57.6 Å². The van der Waals surface area contributed by atoms with Crippen molar-refractivity contribution in [3.63, 3.8) is 0 Å². The zero-order chi connectivity index (χ0) is 17.0. The van der Waals surface area contributed by atoms with Crippen LogP contribution in [-0.4, -0.2) is 13.5 Å². The van der Waals surface area contributed by atoms with Gasteiger partial charge in [-0.2, -0.15) is 0 Å². The van der Waals surface area contributed by atoms with E-state index in [0.29, 0.717) is 5.69 Å². The van der Waals surface area contributed by atoms with E-state index in [9.17, 15) is 13.5 Å². The molecule has 0 fully saturated rings. The summed E-state index contributed by atoms with van der Waals surface area (Å²) in [4.78, 5) is 0.231. The van der Waals surface area contributed by atoms with Crippen molar-refractivity contribution in [1.29, 1.82) is 0 Å². The van der Waals surface area contributed by atoms with Crippen molar-refractivity contribution in [2.45, 2.75) is 11.4 Å². The first-order chi connectivity index (χ1) is 11.6. The van der Waals surface area contributed by atoms with Gasteiger partial charge in [0.15, 0.2) is 0 Å². The zero-order valence-corrected chi connectivity index (χ0v) is 13.7. The van der Waals surface area contributed by atoms with Crippen LogP contribution in [0.15, 0.2) is 89.8 Å². The Morgan fingerprint density at radius 1 is 0.750 bits per heavy atom. The van der Waals surface area contributed by atoms with Crippen molar-refractivity contribution in [3.05, 3.63) is 90.5 Å². The Morgan fingerprint density at radius 2 is 1.29 bits per heavy atom. The molecule has 5 heteroatoms. The quantitative estimate of drug-likeness (QED) is 0.769. The lowest BCUT2D eigenvalue weighted by atomic mass is 10.2. The molecule has 24 heavy (non-hydrogen) atoms. The molecule has 1 N–H and O–H groups in total. The van der Waals surface area contributed by atoms with Gasteiger partial charge in [0.25, 0.3) is 10.0 Å². The highest BCUT2D eigenvalue weighted by atomic mass is 32.2. The number of benzene rings is 3. The monoisotopic (exact) mass is 339 g/mol. The molecule has 3 aromatic rings. The number of hydrogen-bond acceptors (Lipinski definition) is 3. The molecule has 0 heterocycles. The van der Waals surface area contributed by atoms with Crippen LogP contribution in [0.3, 0.4) is 0 Å². The molecule has 3 rings (SSSR count). The van der Waals surface area contributed by atoms with Gasteiger partial charge < -0.3 is 5.11 Å². The minimum atomic E-state index is -3.71. The van der Waals surface area contributed by atoms with E-state index in [4.69, 9.17) is 0 Å². The molecule has 0 saturated carbocycles. The number of aromatic hydroxyl groups is 1. The molecule has 0 aromatic heterocycles. The molecule has 0 radical (unpaired) electrons. The Hall–Kier alpha value is -2.79. The maximum Gasteiger partial charge on any atom is 0.264 e. The largest absolute Gasteiger partial charge is 0.508 e. The molecule has 0 saturated heterocycles. The van der Waals surface area contributed by atoms with E-state index in [0.717, 1.165) is 5.56 Å². The van der Waals surface area contributed by atoms with E-state index in [2.05, 4.69) is 0 Å². The van der Waals surface area contributed by atoms with Crippen molar-refractivity contribution in [3.8, 4) is 5.75 Å². The van der Waals surface area contributed by atoms with E-state index in [1.54, 1.807) is 42.5 Å². The Balaban J connectivity index is 2.06. The van der Waals surface area contributed by atoms with Gasteiger partial charge in [0.05, 0.1) is 17.1 Å². The third-order valence-electron chi connectivity index (χ3n) is 3.64. The summed E-state index contributed by atoms with van der Waals surface area (Å²) in [5.41, 5.74) is 1.38. The molecule has 0 atom stereocenters. The predicted molar refractivity (Wildman–Crippen MR) is 94.4 cm³/mol. The van der Waals surface area contributed by atoms with Crippen LogP contribution in [0.5, 0.6) is 5.75 Å². The molecule has 3 aromatic carbocycles. The van der Waals surface area contributed by atoms with Crippen molar-refractivity contribution >= 4 is 15.7 Å². The highest BCUT2D eigenvalue weighted by Gasteiger charge is 2.25. The summed E-state index contributed by atoms with van der Waals surface area (Å²) in [6.07, 6.45) is 0. The molecule has 4 nitrogen and oxygen atoms in total. The summed E-state index contributed by atoms with van der Waals surface area (Å²) in [6.45, 7) is 0.211. The highest BCUT2D eigenvalue weighted by molar-refractivity contribution is 7.92. The molecule has 0 aliphatic carbocycles. The van der Waals surface area contributed by atoms with Crippen LogP contribution in [-0.2, 0) is 16.6 Å². The molecule has 122 valence electrons. The number of phenolic OH excluding ortho intramolecular Hbond substituents is 1. The fourth-order valence-corrected chi connectivity index (χ4v) is 3.88. The second kappa shape index (κ2) is 6.76. The number of hydrogen-bond donors (Lipinski definition) is 1. The van der Waals surface area contributed by atoms with Crippen LogP contribution in [0.2, 0.25) is 0 Å². The van der Waals surface area contributed by atoms with Gasteiger partial charge >= 0.3 is 0 Å². The second-order valence-electron chi connectivity index (χ2n) is 5.33. The molecule has 0 aliphatic rings. The minimum Gasteiger partial charge on any atom is -0.508 e. The van der Waals surface area contributed by atoms with Crippen LogP contribution < -0.4 is 4.31 Å². The minimum absolute atomic E-state index is 0.0931. The summed E-state index contributed by atoms with van der Waals surface area (Å²) in [7, 11) is -3.71. The van der Waals surface area contributed by atoms with E-state index in [-0.39, 0.29) is 17.2 Å². The van der Waals surface area contributed by atoms with Gasteiger partial charge in [-0.05, 0) is 42.0 Å². The van der Waals surface area contributed by atoms with Gasteiger partial charge in [-0.1, -0.05) is 48.5 Å². The van der Waals surface area contributed by atoms with Gasteiger partial charge in [-0.15, -0.1) is 0 Å². The van der Waals surface area contributed by atoms with Gasteiger partial charge in [-0.3, -0.25) is 4.31 Å². The first-order valence-corrected chi connectivity index (χ1v) is 8.92. The summed E-state index contributed by atoms with van der Waals surface area (Å²) in [6, 6.07) is 23.9. The molecule has 0 bridgehead atoms. The third kappa shape index (κ3) is 3.41. The standard InChI is InChI=1S/C19H17NO3S/c21-18-13-11-17(12-14-18)20(15-16-7-3-1-4-8-16)24(22,23)19-9-5-2-6-10-19/h1-14,21H,15H2. The molecule has 0 spiro atoms. The molecular weight excluding hydrogens is 322 g/mol. The fraction of sp³-hybridized carbons (Fsp3) is 0.0526. The normalized spacial score (nSPS) is 11.2. The van der Waals surface area contributed by atoms with E-state index < -0.39 is 10.0 Å². The summed E-state index contributed by atoms with van der Waals surface area (Å²) in [5.74, 6) is 0.0931. The highest BCUT2D eigenvalue weighted by Crippen LogP contribution is 2.27. The van der Waals surface area contributed by atoms with E-state index in [1.165, 1.54) is 16.4 Å². The van der Waals surface area contributed by atoms with Gasteiger partial charge in [0, 0.05) is 0 Å². The van der Waals surface area contributed by atoms with Crippen LogP contribution in [0.1, 0.15) is 5.56 Å². The molecule has 0 unspecified atom stereocenters. The van der Waals surface area contributed by atoms with E-state index >= 15 is 0 Å². The second-order valence-corrected chi connectivity index (χ2v) is 7.19. The lowest BCUT2D eigenvalue weighted by Gasteiger charge is -2.24. The average Bonchev–Trinajstić information content (AvgIpc) is 2.62. The number of sulfonamides is 1. The summed E-state index contributed by atoms with van der Waals surface area (Å²) >= 11 is 0. The number of rotatable bonds is 5. The maximum absolute atomic E-state index is 13.1. The van der Waals surface area contributed by atoms with Crippen molar-refractivity contribution in [2.75, 3.05) is 4.31 Å². The summed E-state index contributed by atoms with van der Waals surface area (Å²) < 4.78 is 27.5. The average molecular weight is 339 g/mol. The van der Waals surface area contributed by atoms with Crippen molar-refractivity contribution in [2.24, 2.45) is 0 Å². The van der Waals surface area contributed by atoms with Crippen molar-refractivity contribution in [1.82, 2.24) is 0 Å². The Morgan fingerprint density at radius 3 is 1.88 bits per heavy atom. The first-order valence-electron chi connectivity index (χ1n) is 7.48. The fourth-order valence-electron chi connectivity index (χ4n) is 2.40. The maximum atomic E-state index is 13.1. The van der Waals surface area contributed by atoms with E-state index in [1.807, 2.05) is 30.3 Å². The molecular formula is C19H17NO3S. The van der Waals surface area contributed by atoms with Gasteiger partial charge in [0.1, 0.15) is 5.75 Å². The van der Waals surface area contributed by atoms with Crippen LogP contribution >= 0.6 is 0 Å². The summed E-state index contributed by atoms with van der Waals surface area (Å²) in [5, 5.41) is 9.48. The first kappa shape index (κ1) is 16.1. The predicted octanol–water partition coefficient (Wildman–Crippen LogP) is 3.79. The number of nitrogens with zero attached hydrogens (tertiary/aromatic N) is 1. The zero-order valence-electron chi connectivity index (χ0n) is 12.9. The number of anilines is 1. The SMILES string of the molecule is O=S(=O)(c1ccccc1)N(Cc1ccccc1)c1ccc(O)cc1. The van der Waals surface area contributed by atoms with Crippen LogP contribution in [0.4, 0.5) is 5.69 Å². The van der Waals surface area contributed by atoms with Gasteiger partial charge in [0.2, 0.25) is 0 Å². The third-order valence-corrected chi connectivity index (χ3v) is 5.43. The Labute approximate surface area is 141 Å². The van der Waals surface area contributed by atoms with Crippen molar-refractivity contribution < 1.29 is 13.5 Å². The smallest absolute Gasteiger partial charge is 0.264 e. The lowest BCUT2D eigenvalue weighted by Crippen LogP contribution is -2.30. The lowest BCUT2D eigenvalue weighted by molar-refractivity contribution is 0.475. The van der Waals surface area contributed by atoms with Crippen LogP contribution in [0, 0.1) is 0 Å². The molecule has 0 aliphatic heterocycles. The van der Waals surface area contributed by atoms with Gasteiger partial charge in [-0.25, -0.2) is 8.42 Å². The van der Waals surface area contributed by atoms with Crippen LogP contribution in [0.25, 0.3) is 0 Å². The number of phenols is 1.